The maximum absolute atomic E-state index is 12.9. The number of hydrogen-bond acceptors (Lipinski definition) is 7. The number of anilines is 1. The first-order chi connectivity index (χ1) is 14.8. The Morgan fingerprint density at radius 2 is 1.84 bits per heavy atom. The summed E-state index contributed by atoms with van der Waals surface area (Å²) in [5.74, 6) is -0.470. The lowest BCUT2D eigenvalue weighted by Crippen LogP contribution is -2.14. The molecule has 4 aromatic rings. The molecule has 11 heteroatoms. The van der Waals surface area contributed by atoms with Gasteiger partial charge in [-0.15, -0.1) is 0 Å². The van der Waals surface area contributed by atoms with E-state index in [1.54, 1.807) is 48.7 Å². The quantitative estimate of drug-likeness (QED) is 0.354. The average Bonchev–Trinajstić information content (AvgIpc) is 3.29. The lowest BCUT2D eigenvalue weighted by molar-refractivity contribution is -0.384. The monoisotopic (exact) mass is 437 g/mol. The maximum atomic E-state index is 12.9. The molecule has 0 radical (unpaired) electrons. The summed E-state index contributed by atoms with van der Waals surface area (Å²) in [5, 5.41) is 25.0. The minimum atomic E-state index is -0.540. The van der Waals surface area contributed by atoms with E-state index in [0.29, 0.717) is 32.4 Å². The molecule has 0 aliphatic rings. The van der Waals surface area contributed by atoms with Gasteiger partial charge in [0.25, 0.3) is 17.3 Å². The Hall–Kier alpha value is -4.12. The molecule has 10 nitrogen and oxygen atoms in total. The van der Waals surface area contributed by atoms with E-state index in [1.165, 1.54) is 18.2 Å². The summed E-state index contributed by atoms with van der Waals surface area (Å²) in [6, 6.07) is 10.7. The van der Waals surface area contributed by atoms with Crippen LogP contribution in [-0.2, 0) is 0 Å². The third kappa shape index (κ3) is 3.62. The Bertz CT molecular complexity index is 1370. The molecule has 2 aromatic carbocycles. The van der Waals surface area contributed by atoms with Gasteiger partial charge in [-0.1, -0.05) is 35.6 Å². The second-order valence-corrected chi connectivity index (χ2v) is 7.76. The average molecular weight is 437 g/mol. The molecular weight excluding hydrogens is 422 g/mol. The highest BCUT2D eigenvalue weighted by atomic mass is 32.1. The van der Waals surface area contributed by atoms with Crippen molar-refractivity contribution in [3.05, 3.63) is 85.0 Å². The van der Waals surface area contributed by atoms with E-state index in [9.17, 15) is 25.0 Å². The van der Waals surface area contributed by atoms with Crippen LogP contribution < -0.4 is 5.32 Å². The number of nitrogens with one attached hydrogen (secondary N) is 1. The molecule has 0 saturated carbocycles. The molecule has 1 N–H and O–H groups in total. The number of aryl methyl sites for hydroxylation is 2. The lowest BCUT2D eigenvalue weighted by Gasteiger charge is -2.08. The summed E-state index contributed by atoms with van der Waals surface area (Å²) in [7, 11) is 0. The number of carbonyl (C=O) groups excluding carboxylic acids is 1. The van der Waals surface area contributed by atoms with Gasteiger partial charge < -0.3 is 5.32 Å². The second kappa shape index (κ2) is 7.61. The number of amides is 1. The molecule has 0 aliphatic carbocycles. The second-order valence-electron chi connectivity index (χ2n) is 6.78. The summed E-state index contributed by atoms with van der Waals surface area (Å²) in [6.45, 7) is 3.42. The minimum absolute atomic E-state index is 0.0366. The van der Waals surface area contributed by atoms with Crippen LogP contribution in [0.1, 0.15) is 20.9 Å². The van der Waals surface area contributed by atoms with Crippen LogP contribution >= 0.6 is 11.3 Å². The first-order valence-electron chi connectivity index (χ1n) is 9.05. The third-order valence-electron chi connectivity index (χ3n) is 4.80. The van der Waals surface area contributed by atoms with Crippen molar-refractivity contribution in [1.82, 2.24) is 9.38 Å². The number of nitrogens with zero attached hydrogens (tertiary/aromatic N) is 4. The zero-order valence-corrected chi connectivity index (χ0v) is 17.2. The van der Waals surface area contributed by atoms with Crippen molar-refractivity contribution in [2.24, 2.45) is 0 Å². The Morgan fingerprint density at radius 1 is 1.10 bits per heavy atom. The van der Waals surface area contributed by atoms with Crippen molar-refractivity contribution < 1.29 is 14.6 Å². The number of nitro benzene ring substituents is 2. The summed E-state index contributed by atoms with van der Waals surface area (Å²) in [6.07, 6.45) is 1.70. The third-order valence-corrected chi connectivity index (χ3v) is 5.96. The fraction of sp³-hybridized carbons (Fsp3) is 0.100. The van der Waals surface area contributed by atoms with Crippen LogP contribution in [0, 0.1) is 34.1 Å². The number of rotatable bonds is 5. The highest BCUT2D eigenvalue weighted by Gasteiger charge is 2.23. The zero-order chi connectivity index (χ0) is 22.3. The largest absolute Gasteiger partial charge is 0.315 e. The number of hydrogen-bond donors (Lipinski definition) is 1. The van der Waals surface area contributed by atoms with E-state index >= 15 is 0 Å². The lowest BCUT2D eigenvalue weighted by atomic mass is 10.1. The molecule has 0 aliphatic heterocycles. The van der Waals surface area contributed by atoms with Crippen molar-refractivity contribution in [2.75, 3.05) is 5.32 Å². The van der Waals surface area contributed by atoms with E-state index in [1.807, 2.05) is 0 Å². The van der Waals surface area contributed by atoms with E-state index in [4.69, 9.17) is 0 Å². The number of thiazole rings is 1. The molecule has 156 valence electrons. The molecule has 0 unspecified atom stereocenters. The van der Waals surface area contributed by atoms with Gasteiger partial charge in [-0.25, -0.2) is 4.98 Å². The number of carbonyl (C=O) groups is 1. The van der Waals surface area contributed by atoms with Crippen LogP contribution in [0.2, 0.25) is 0 Å². The highest BCUT2D eigenvalue weighted by Crippen LogP contribution is 2.31. The molecule has 4 rings (SSSR count). The van der Waals surface area contributed by atoms with Gasteiger partial charge in [-0.05, 0) is 19.4 Å². The van der Waals surface area contributed by atoms with Crippen LogP contribution in [0.5, 0.6) is 0 Å². The summed E-state index contributed by atoms with van der Waals surface area (Å²) in [4.78, 5) is 39.6. The first-order valence-corrected chi connectivity index (χ1v) is 9.86. The van der Waals surface area contributed by atoms with Gasteiger partial charge in [-0.3, -0.25) is 29.4 Å². The minimum Gasteiger partial charge on any atom is -0.315 e. The van der Waals surface area contributed by atoms with Crippen LogP contribution in [0.25, 0.3) is 16.2 Å². The summed E-state index contributed by atoms with van der Waals surface area (Å²) in [5.41, 5.74) is 2.25. The fourth-order valence-corrected chi connectivity index (χ4v) is 4.22. The summed E-state index contributed by atoms with van der Waals surface area (Å²) >= 11 is 1.13. The maximum Gasteiger partial charge on any atom is 0.293 e. The van der Waals surface area contributed by atoms with Crippen LogP contribution in [0.3, 0.4) is 0 Å². The SMILES string of the molecule is Cc1cccc([N+](=O)[O-])c1NC(=O)c1sc2nc(-c3cccc([N+](=O)[O-])c3)cn2c1C. The standard InChI is InChI=1S/C20H15N5O5S/c1-11-5-3-8-16(25(29)30)17(11)22-19(26)18-12(2)23-10-15(21-20(23)31-18)13-6-4-7-14(9-13)24(27)28/h3-10H,1-2H3,(H,22,26). The number of imidazole rings is 1. The molecule has 0 fully saturated rings. The van der Waals surface area contributed by atoms with Crippen molar-refractivity contribution in [3.63, 3.8) is 0 Å². The number of non-ortho nitro benzene ring substituents is 1. The first kappa shape index (κ1) is 20.2. The Kier molecular flexibility index (Phi) is 4.95. The van der Waals surface area contributed by atoms with Gasteiger partial charge in [0, 0.05) is 35.7 Å². The van der Waals surface area contributed by atoms with E-state index in [0.717, 1.165) is 11.3 Å². The van der Waals surface area contributed by atoms with Crippen molar-refractivity contribution >= 4 is 39.3 Å². The van der Waals surface area contributed by atoms with Crippen molar-refractivity contribution in [2.45, 2.75) is 13.8 Å². The van der Waals surface area contributed by atoms with E-state index in [2.05, 4.69) is 10.3 Å². The predicted molar refractivity (Wildman–Crippen MR) is 116 cm³/mol. The number of fused-ring (bicyclic) bond motifs is 1. The van der Waals surface area contributed by atoms with Crippen molar-refractivity contribution in [3.8, 4) is 11.3 Å². The molecule has 0 spiro atoms. The smallest absolute Gasteiger partial charge is 0.293 e. The van der Waals surface area contributed by atoms with Crippen LogP contribution in [0.4, 0.5) is 17.1 Å². The molecule has 31 heavy (non-hydrogen) atoms. The molecule has 1 amide bonds. The molecular formula is C20H15N5O5S. The molecule has 0 bridgehead atoms. The highest BCUT2D eigenvalue weighted by molar-refractivity contribution is 7.19. The van der Waals surface area contributed by atoms with Gasteiger partial charge in [0.1, 0.15) is 10.6 Å². The van der Waals surface area contributed by atoms with Crippen molar-refractivity contribution in [1.29, 1.82) is 0 Å². The topological polar surface area (TPSA) is 133 Å². The Balaban J connectivity index is 1.68. The number of aromatic nitrogens is 2. The van der Waals surface area contributed by atoms with E-state index in [-0.39, 0.29) is 17.1 Å². The molecule has 0 atom stereocenters. The van der Waals surface area contributed by atoms with Gasteiger partial charge in [0.05, 0.1) is 15.5 Å². The number of benzene rings is 2. The predicted octanol–water partition coefficient (Wildman–Crippen LogP) is 4.75. The molecule has 2 heterocycles. The molecule has 2 aromatic heterocycles. The number of nitro groups is 2. The summed E-state index contributed by atoms with van der Waals surface area (Å²) < 4.78 is 1.72. The zero-order valence-electron chi connectivity index (χ0n) is 16.4. The Morgan fingerprint density at radius 3 is 2.52 bits per heavy atom. The van der Waals surface area contributed by atoms with Gasteiger partial charge in [0.2, 0.25) is 0 Å². The van der Waals surface area contributed by atoms with Crippen LogP contribution in [-0.4, -0.2) is 25.1 Å². The fourth-order valence-electron chi connectivity index (χ4n) is 3.22. The van der Waals surface area contributed by atoms with E-state index < -0.39 is 15.8 Å². The number of para-hydroxylation sites is 1. The normalized spacial score (nSPS) is 10.9. The molecule has 0 saturated heterocycles. The van der Waals surface area contributed by atoms with Gasteiger partial charge in [0.15, 0.2) is 4.96 Å². The van der Waals surface area contributed by atoms with Crippen LogP contribution in [0.15, 0.2) is 48.7 Å². The van der Waals surface area contributed by atoms with Gasteiger partial charge >= 0.3 is 0 Å². The van der Waals surface area contributed by atoms with Gasteiger partial charge in [-0.2, -0.15) is 0 Å². The Labute approximate surface area is 179 Å².